The van der Waals surface area contributed by atoms with Crippen LogP contribution >= 0.6 is 0 Å². The van der Waals surface area contributed by atoms with Gasteiger partial charge in [0.05, 0.1) is 6.10 Å². The van der Waals surface area contributed by atoms with Gasteiger partial charge in [-0.3, -0.25) is 0 Å². The Morgan fingerprint density at radius 2 is 1.76 bits per heavy atom. The zero-order valence-corrected chi connectivity index (χ0v) is 11.5. The van der Waals surface area contributed by atoms with Gasteiger partial charge in [0, 0.05) is 24.8 Å². The summed E-state index contributed by atoms with van der Waals surface area (Å²) in [7, 11) is 2.06. The number of hydrogen-bond donors (Lipinski definition) is 1. The van der Waals surface area contributed by atoms with E-state index in [9.17, 15) is 0 Å². The van der Waals surface area contributed by atoms with Crippen molar-refractivity contribution < 1.29 is 4.74 Å². The molecule has 0 unspecified atom stereocenters. The second-order valence-electron chi connectivity index (χ2n) is 5.24. The lowest BCUT2D eigenvalue weighted by atomic mass is 10.0. The highest BCUT2D eigenvalue weighted by molar-refractivity contribution is 5.50. The first-order chi connectivity index (χ1) is 7.86. The van der Waals surface area contributed by atoms with Gasteiger partial charge in [-0.2, -0.15) is 0 Å². The second-order valence-corrected chi connectivity index (χ2v) is 5.24. The topological polar surface area (TPSA) is 38.5 Å². The molecule has 0 saturated heterocycles. The zero-order chi connectivity index (χ0) is 13.1. The van der Waals surface area contributed by atoms with Crippen molar-refractivity contribution in [3.63, 3.8) is 0 Å². The Balaban J connectivity index is 2.80. The highest BCUT2D eigenvalue weighted by Gasteiger charge is 2.21. The average Bonchev–Trinajstić information content (AvgIpc) is 2.28. The summed E-state index contributed by atoms with van der Waals surface area (Å²) >= 11 is 0. The molecule has 3 nitrogen and oxygen atoms in total. The Kier molecular flexibility index (Phi) is 4.40. The first-order valence-electron chi connectivity index (χ1n) is 6.07. The van der Waals surface area contributed by atoms with Crippen LogP contribution in [0, 0.1) is 0 Å². The summed E-state index contributed by atoms with van der Waals surface area (Å²) in [6.07, 6.45) is 0.207. The summed E-state index contributed by atoms with van der Waals surface area (Å²) in [6, 6.07) is 8.13. The summed E-state index contributed by atoms with van der Waals surface area (Å²) < 4.78 is 5.62. The van der Waals surface area contributed by atoms with Crippen LogP contribution in [-0.2, 0) is 0 Å². The first kappa shape index (κ1) is 13.8. The molecule has 0 bridgehead atoms. The number of ether oxygens (including phenoxy) is 1. The summed E-state index contributed by atoms with van der Waals surface area (Å²) in [4.78, 5) is 2.19. The van der Waals surface area contributed by atoms with Crippen molar-refractivity contribution in [3.8, 4) is 5.75 Å². The molecule has 0 atom stereocenters. The molecule has 0 aliphatic rings. The number of benzene rings is 1. The standard InChI is InChI=1S/C14H24N2O/c1-11(2)17-13-8-6-12(7-9-13)16(5)14(3,4)10-15/h6-9,11H,10,15H2,1-5H3. The third-order valence-corrected chi connectivity index (χ3v) is 3.00. The van der Waals surface area contributed by atoms with Crippen LogP contribution in [0.15, 0.2) is 24.3 Å². The summed E-state index contributed by atoms with van der Waals surface area (Å²) in [6.45, 7) is 8.93. The molecule has 1 aromatic carbocycles. The minimum atomic E-state index is -0.0412. The van der Waals surface area contributed by atoms with Gasteiger partial charge in [-0.25, -0.2) is 0 Å². The molecule has 2 N–H and O–H groups in total. The van der Waals surface area contributed by atoms with E-state index in [-0.39, 0.29) is 11.6 Å². The molecule has 17 heavy (non-hydrogen) atoms. The molecule has 0 spiro atoms. The van der Waals surface area contributed by atoms with Gasteiger partial charge in [0.25, 0.3) is 0 Å². The van der Waals surface area contributed by atoms with Crippen LogP contribution in [0.4, 0.5) is 5.69 Å². The molecule has 0 saturated carbocycles. The van der Waals surface area contributed by atoms with Gasteiger partial charge < -0.3 is 15.4 Å². The van der Waals surface area contributed by atoms with Gasteiger partial charge in [0.1, 0.15) is 5.75 Å². The number of likely N-dealkylation sites (N-methyl/N-ethyl adjacent to an activating group) is 1. The summed E-state index contributed by atoms with van der Waals surface area (Å²) in [5.74, 6) is 0.905. The molecule has 3 heteroatoms. The van der Waals surface area contributed by atoms with Crippen molar-refractivity contribution in [2.75, 3.05) is 18.5 Å². The molecule has 0 heterocycles. The number of nitrogens with zero attached hydrogens (tertiary/aromatic N) is 1. The number of hydrogen-bond acceptors (Lipinski definition) is 3. The van der Waals surface area contributed by atoms with Crippen LogP contribution in [0.25, 0.3) is 0 Å². The maximum absolute atomic E-state index is 5.77. The molecule has 1 rings (SSSR count). The molecule has 1 aromatic rings. The molecular formula is C14H24N2O. The predicted molar refractivity (Wildman–Crippen MR) is 73.7 cm³/mol. The maximum atomic E-state index is 5.77. The van der Waals surface area contributed by atoms with E-state index in [0.29, 0.717) is 6.54 Å². The molecule has 0 aliphatic heterocycles. The van der Waals surface area contributed by atoms with Gasteiger partial charge >= 0.3 is 0 Å². The van der Waals surface area contributed by atoms with Gasteiger partial charge in [-0.05, 0) is 52.0 Å². The van der Waals surface area contributed by atoms with Crippen molar-refractivity contribution in [3.05, 3.63) is 24.3 Å². The lowest BCUT2D eigenvalue weighted by Gasteiger charge is -2.36. The largest absolute Gasteiger partial charge is 0.491 e. The third kappa shape index (κ3) is 3.63. The summed E-state index contributed by atoms with van der Waals surface area (Å²) in [5.41, 5.74) is 6.88. The van der Waals surface area contributed by atoms with E-state index >= 15 is 0 Å². The molecule has 0 radical (unpaired) electrons. The highest BCUT2D eigenvalue weighted by Crippen LogP contribution is 2.24. The van der Waals surface area contributed by atoms with Crippen molar-refractivity contribution in [1.82, 2.24) is 0 Å². The summed E-state index contributed by atoms with van der Waals surface area (Å²) in [5, 5.41) is 0. The normalized spacial score (nSPS) is 11.7. The molecule has 0 fully saturated rings. The van der Waals surface area contributed by atoms with Crippen molar-refractivity contribution in [1.29, 1.82) is 0 Å². The molecule has 0 aliphatic carbocycles. The van der Waals surface area contributed by atoms with Gasteiger partial charge in [0.15, 0.2) is 0 Å². The number of rotatable bonds is 5. The van der Waals surface area contributed by atoms with E-state index in [1.165, 1.54) is 0 Å². The minimum absolute atomic E-state index is 0.0412. The fourth-order valence-corrected chi connectivity index (χ4v) is 1.51. The Bertz CT molecular complexity index is 344. The van der Waals surface area contributed by atoms with E-state index in [4.69, 9.17) is 10.5 Å². The monoisotopic (exact) mass is 236 g/mol. The van der Waals surface area contributed by atoms with Crippen molar-refractivity contribution >= 4 is 5.69 Å². The van der Waals surface area contributed by atoms with Crippen LogP contribution in [0.5, 0.6) is 5.75 Å². The second kappa shape index (κ2) is 5.41. The Labute approximate surface area is 105 Å². The van der Waals surface area contributed by atoms with Gasteiger partial charge in [-0.1, -0.05) is 0 Å². The van der Waals surface area contributed by atoms with E-state index in [2.05, 4.69) is 37.9 Å². The molecule has 0 aromatic heterocycles. The number of nitrogens with two attached hydrogens (primary N) is 1. The van der Waals surface area contributed by atoms with Gasteiger partial charge in [0.2, 0.25) is 0 Å². The van der Waals surface area contributed by atoms with Crippen LogP contribution in [0.1, 0.15) is 27.7 Å². The Hall–Kier alpha value is -1.22. The van der Waals surface area contributed by atoms with E-state index < -0.39 is 0 Å². The van der Waals surface area contributed by atoms with Crippen molar-refractivity contribution in [2.24, 2.45) is 5.73 Å². The predicted octanol–water partition coefficient (Wildman–Crippen LogP) is 2.65. The lowest BCUT2D eigenvalue weighted by Crippen LogP contribution is -2.47. The molecular weight excluding hydrogens is 212 g/mol. The fourth-order valence-electron chi connectivity index (χ4n) is 1.51. The first-order valence-corrected chi connectivity index (χ1v) is 6.07. The van der Waals surface area contributed by atoms with Crippen LogP contribution in [-0.4, -0.2) is 25.2 Å². The molecule has 96 valence electrons. The van der Waals surface area contributed by atoms with Crippen LogP contribution in [0.2, 0.25) is 0 Å². The van der Waals surface area contributed by atoms with Crippen LogP contribution in [0.3, 0.4) is 0 Å². The zero-order valence-electron chi connectivity index (χ0n) is 11.5. The SMILES string of the molecule is CC(C)Oc1ccc(N(C)C(C)(C)CN)cc1. The van der Waals surface area contributed by atoms with Crippen molar-refractivity contribution in [2.45, 2.75) is 39.3 Å². The van der Waals surface area contributed by atoms with E-state index in [1.54, 1.807) is 0 Å². The third-order valence-electron chi connectivity index (χ3n) is 3.00. The molecule has 0 amide bonds. The van der Waals surface area contributed by atoms with Gasteiger partial charge in [-0.15, -0.1) is 0 Å². The Morgan fingerprint density at radius 3 is 2.18 bits per heavy atom. The Morgan fingerprint density at radius 1 is 1.24 bits per heavy atom. The average molecular weight is 236 g/mol. The number of anilines is 1. The fraction of sp³-hybridized carbons (Fsp3) is 0.571. The lowest BCUT2D eigenvalue weighted by molar-refractivity contribution is 0.242. The quantitative estimate of drug-likeness (QED) is 0.854. The minimum Gasteiger partial charge on any atom is -0.491 e. The maximum Gasteiger partial charge on any atom is 0.119 e. The van der Waals surface area contributed by atoms with Crippen LogP contribution < -0.4 is 15.4 Å². The smallest absolute Gasteiger partial charge is 0.119 e. The van der Waals surface area contributed by atoms with E-state index in [1.807, 2.05) is 26.0 Å². The highest BCUT2D eigenvalue weighted by atomic mass is 16.5. The van der Waals surface area contributed by atoms with E-state index in [0.717, 1.165) is 11.4 Å².